The van der Waals surface area contributed by atoms with Crippen molar-refractivity contribution in [2.24, 2.45) is 0 Å². The third kappa shape index (κ3) is 3.53. The molecule has 0 fully saturated rings. The number of rotatable bonds is 4. The van der Waals surface area contributed by atoms with Gasteiger partial charge in [-0.2, -0.15) is 0 Å². The van der Waals surface area contributed by atoms with Crippen molar-refractivity contribution in [2.75, 3.05) is 10.8 Å². The van der Waals surface area contributed by atoms with Gasteiger partial charge < -0.3 is 4.90 Å². The van der Waals surface area contributed by atoms with Crippen LogP contribution in [0.15, 0.2) is 48.5 Å². The van der Waals surface area contributed by atoms with E-state index in [0.29, 0.717) is 17.3 Å². The van der Waals surface area contributed by atoms with Crippen LogP contribution in [-0.4, -0.2) is 11.8 Å². The summed E-state index contributed by atoms with van der Waals surface area (Å²) in [5.41, 5.74) is 2.88. The minimum Gasteiger partial charge on any atom is -0.305 e. The largest absolute Gasteiger partial charge is 0.305 e. The molecule has 0 unspecified atom stereocenters. The van der Waals surface area contributed by atoms with Gasteiger partial charge in [0.1, 0.15) is 5.88 Å². The molecular weight excluding hydrogens is 293 g/mol. The van der Waals surface area contributed by atoms with Gasteiger partial charge in [0.2, 0.25) is 5.91 Å². The van der Waals surface area contributed by atoms with Crippen LogP contribution in [0, 0.1) is 6.92 Å². The molecule has 0 aliphatic heterocycles. The monoisotopic (exact) mass is 307 g/mol. The predicted octanol–water partition coefficient (Wildman–Crippen LogP) is 4.42. The van der Waals surface area contributed by atoms with E-state index in [0.717, 1.165) is 11.1 Å². The lowest BCUT2D eigenvalue weighted by molar-refractivity contribution is -0.116. The maximum Gasteiger partial charge on any atom is 0.242 e. The Labute approximate surface area is 128 Å². The minimum absolute atomic E-state index is 0.0724. The number of para-hydroxylation sites is 1. The SMILES string of the molecule is Cc1cccc(CN(C(=O)CCl)c2ccccc2Cl)c1. The number of aryl methyl sites for hydroxylation is 1. The summed E-state index contributed by atoms with van der Waals surface area (Å²) in [4.78, 5) is 13.7. The van der Waals surface area contributed by atoms with Gasteiger partial charge in [-0.25, -0.2) is 0 Å². The second-order valence-electron chi connectivity index (χ2n) is 4.55. The molecule has 0 heterocycles. The molecule has 0 spiro atoms. The Bertz CT molecular complexity index is 613. The third-order valence-electron chi connectivity index (χ3n) is 2.98. The second kappa shape index (κ2) is 6.78. The average Bonchev–Trinajstić information content (AvgIpc) is 2.45. The highest BCUT2D eigenvalue weighted by molar-refractivity contribution is 6.35. The van der Waals surface area contributed by atoms with Gasteiger partial charge in [-0.05, 0) is 24.6 Å². The lowest BCUT2D eigenvalue weighted by Gasteiger charge is -2.23. The Hall–Kier alpha value is -1.51. The van der Waals surface area contributed by atoms with E-state index < -0.39 is 0 Å². The van der Waals surface area contributed by atoms with Crippen LogP contribution in [-0.2, 0) is 11.3 Å². The van der Waals surface area contributed by atoms with E-state index >= 15 is 0 Å². The van der Waals surface area contributed by atoms with E-state index in [-0.39, 0.29) is 11.8 Å². The van der Waals surface area contributed by atoms with Gasteiger partial charge in [0.15, 0.2) is 0 Å². The molecular formula is C16H15Cl2NO. The molecule has 0 saturated heterocycles. The maximum atomic E-state index is 12.1. The maximum absolute atomic E-state index is 12.1. The highest BCUT2D eigenvalue weighted by Crippen LogP contribution is 2.27. The molecule has 0 aromatic heterocycles. The Kier molecular flexibility index (Phi) is 5.05. The number of nitrogens with zero attached hydrogens (tertiary/aromatic N) is 1. The van der Waals surface area contributed by atoms with Crippen LogP contribution in [0.25, 0.3) is 0 Å². The van der Waals surface area contributed by atoms with Gasteiger partial charge in [-0.15, -0.1) is 11.6 Å². The number of alkyl halides is 1. The van der Waals surface area contributed by atoms with Gasteiger partial charge in [-0.3, -0.25) is 4.79 Å². The van der Waals surface area contributed by atoms with Crippen molar-refractivity contribution in [3.05, 3.63) is 64.7 Å². The fourth-order valence-corrected chi connectivity index (χ4v) is 2.43. The number of benzene rings is 2. The zero-order valence-corrected chi connectivity index (χ0v) is 12.7. The number of hydrogen-bond donors (Lipinski definition) is 0. The highest BCUT2D eigenvalue weighted by Gasteiger charge is 2.17. The lowest BCUT2D eigenvalue weighted by atomic mass is 10.1. The van der Waals surface area contributed by atoms with Gasteiger partial charge in [0.25, 0.3) is 0 Å². The summed E-state index contributed by atoms with van der Waals surface area (Å²) in [6.45, 7) is 2.48. The van der Waals surface area contributed by atoms with E-state index in [2.05, 4.69) is 0 Å². The first-order chi connectivity index (χ1) is 9.61. The van der Waals surface area contributed by atoms with Crippen LogP contribution >= 0.6 is 23.2 Å². The van der Waals surface area contributed by atoms with E-state index in [1.807, 2.05) is 49.4 Å². The molecule has 104 valence electrons. The summed E-state index contributed by atoms with van der Waals surface area (Å²) < 4.78 is 0. The number of carbonyl (C=O) groups is 1. The Morgan fingerprint density at radius 2 is 1.90 bits per heavy atom. The van der Waals surface area contributed by atoms with E-state index in [9.17, 15) is 4.79 Å². The van der Waals surface area contributed by atoms with Gasteiger partial charge >= 0.3 is 0 Å². The van der Waals surface area contributed by atoms with Crippen molar-refractivity contribution in [3.63, 3.8) is 0 Å². The normalized spacial score (nSPS) is 10.3. The fraction of sp³-hybridized carbons (Fsp3) is 0.188. The lowest BCUT2D eigenvalue weighted by Crippen LogP contribution is -2.31. The number of carbonyl (C=O) groups excluding carboxylic acids is 1. The third-order valence-corrected chi connectivity index (χ3v) is 3.53. The molecule has 4 heteroatoms. The second-order valence-corrected chi connectivity index (χ2v) is 5.23. The van der Waals surface area contributed by atoms with Crippen LogP contribution in [0.4, 0.5) is 5.69 Å². The first-order valence-electron chi connectivity index (χ1n) is 6.28. The van der Waals surface area contributed by atoms with Crippen LogP contribution in [0.1, 0.15) is 11.1 Å². The molecule has 2 nitrogen and oxygen atoms in total. The summed E-state index contributed by atoms with van der Waals surface area (Å²) in [7, 11) is 0. The van der Waals surface area contributed by atoms with E-state index in [1.54, 1.807) is 11.0 Å². The number of anilines is 1. The molecule has 0 atom stereocenters. The molecule has 1 amide bonds. The standard InChI is InChI=1S/C16H15Cl2NO/c1-12-5-4-6-13(9-12)11-19(16(20)10-17)15-8-3-2-7-14(15)18/h2-9H,10-11H2,1H3. The van der Waals surface area contributed by atoms with Crippen molar-refractivity contribution in [3.8, 4) is 0 Å². The summed E-state index contributed by atoms with van der Waals surface area (Å²) in [6.07, 6.45) is 0. The van der Waals surface area contributed by atoms with E-state index in [4.69, 9.17) is 23.2 Å². The molecule has 20 heavy (non-hydrogen) atoms. The van der Waals surface area contributed by atoms with Gasteiger partial charge in [-0.1, -0.05) is 53.6 Å². The van der Waals surface area contributed by atoms with Crippen molar-refractivity contribution in [1.82, 2.24) is 0 Å². The molecule has 0 aliphatic rings. The molecule has 2 rings (SSSR count). The molecule has 0 radical (unpaired) electrons. The number of halogens is 2. The molecule has 2 aromatic carbocycles. The van der Waals surface area contributed by atoms with Crippen molar-refractivity contribution in [2.45, 2.75) is 13.5 Å². The number of amides is 1. The van der Waals surface area contributed by atoms with Crippen LogP contribution in [0.2, 0.25) is 5.02 Å². The zero-order valence-electron chi connectivity index (χ0n) is 11.1. The van der Waals surface area contributed by atoms with Crippen LogP contribution in [0.5, 0.6) is 0 Å². The van der Waals surface area contributed by atoms with Gasteiger partial charge in [0, 0.05) is 0 Å². The van der Waals surface area contributed by atoms with Crippen molar-refractivity contribution in [1.29, 1.82) is 0 Å². The topological polar surface area (TPSA) is 20.3 Å². The molecule has 2 aromatic rings. The van der Waals surface area contributed by atoms with Gasteiger partial charge in [0.05, 0.1) is 17.3 Å². The first kappa shape index (κ1) is 14.9. The summed E-state index contributed by atoms with van der Waals surface area (Å²) >= 11 is 11.9. The molecule has 0 aliphatic carbocycles. The average molecular weight is 308 g/mol. The molecule has 0 N–H and O–H groups in total. The Morgan fingerprint density at radius 1 is 1.15 bits per heavy atom. The smallest absolute Gasteiger partial charge is 0.242 e. The quantitative estimate of drug-likeness (QED) is 0.766. The zero-order chi connectivity index (χ0) is 14.5. The summed E-state index contributed by atoms with van der Waals surface area (Å²) in [6, 6.07) is 15.3. The first-order valence-corrected chi connectivity index (χ1v) is 7.19. The van der Waals surface area contributed by atoms with Crippen molar-refractivity contribution >= 4 is 34.8 Å². The molecule has 0 bridgehead atoms. The Morgan fingerprint density at radius 3 is 2.55 bits per heavy atom. The fourth-order valence-electron chi connectivity index (χ4n) is 2.04. The number of hydrogen-bond acceptors (Lipinski definition) is 1. The predicted molar refractivity (Wildman–Crippen MR) is 84.5 cm³/mol. The van der Waals surface area contributed by atoms with Crippen LogP contribution < -0.4 is 4.90 Å². The highest BCUT2D eigenvalue weighted by atomic mass is 35.5. The minimum atomic E-state index is -0.165. The molecule has 0 saturated carbocycles. The summed E-state index contributed by atoms with van der Waals surface area (Å²) in [5.74, 6) is -0.238. The van der Waals surface area contributed by atoms with E-state index in [1.165, 1.54) is 0 Å². The van der Waals surface area contributed by atoms with Crippen molar-refractivity contribution < 1.29 is 4.79 Å². The summed E-state index contributed by atoms with van der Waals surface area (Å²) in [5, 5.41) is 0.540. The van der Waals surface area contributed by atoms with Crippen LogP contribution in [0.3, 0.4) is 0 Å². The Balaban J connectivity index is 2.34.